The summed E-state index contributed by atoms with van der Waals surface area (Å²) < 4.78 is 5.55. The molecule has 0 spiro atoms. The first-order valence-corrected chi connectivity index (χ1v) is 8.41. The summed E-state index contributed by atoms with van der Waals surface area (Å²) in [6, 6.07) is 6.83. The lowest BCUT2D eigenvalue weighted by molar-refractivity contribution is 0.0827. The molecule has 0 aliphatic carbocycles. The maximum absolute atomic E-state index is 11.8. The van der Waals surface area contributed by atoms with Gasteiger partial charge in [-0.05, 0) is 35.9 Å². The second kappa shape index (κ2) is 7.72. The van der Waals surface area contributed by atoms with E-state index in [0.717, 1.165) is 5.49 Å². The summed E-state index contributed by atoms with van der Waals surface area (Å²) in [7, 11) is 5.96. The number of carbonyl (C=O) groups is 1. The van der Waals surface area contributed by atoms with Gasteiger partial charge in [0.1, 0.15) is 5.75 Å². The topological polar surface area (TPSA) is 68.2 Å². The molecule has 2 aromatic rings. The zero-order valence-corrected chi connectivity index (χ0v) is 14.7. The van der Waals surface area contributed by atoms with Gasteiger partial charge in [0, 0.05) is 25.2 Å². The molecular formula is C13H14ClN4O2PS. The van der Waals surface area contributed by atoms with Gasteiger partial charge in [0.25, 0.3) is 5.91 Å². The van der Waals surface area contributed by atoms with Crippen LogP contribution in [0.5, 0.6) is 11.8 Å². The van der Waals surface area contributed by atoms with Crippen molar-refractivity contribution in [2.75, 3.05) is 19.6 Å². The van der Waals surface area contributed by atoms with E-state index in [1.807, 2.05) is 0 Å². The molecule has 1 aromatic heterocycles. The number of halogens is 1. The van der Waals surface area contributed by atoms with E-state index in [1.165, 1.54) is 16.7 Å². The molecular weight excluding hydrogens is 343 g/mol. The van der Waals surface area contributed by atoms with Crippen molar-refractivity contribution in [2.24, 2.45) is 0 Å². The van der Waals surface area contributed by atoms with E-state index in [2.05, 4.69) is 24.2 Å². The van der Waals surface area contributed by atoms with Crippen molar-refractivity contribution in [3.05, 3.63) is 35.1 Å². The highest BCUT2D eigenvalue weighted by atomic mass is 35.5. The van der Waals surface area contributed by atoms with Gasteiger partial charge in [0.15, 0.2) is 5.16 Å². The first kappa shape index (κ1) is 16.9. The maximum Gasteiger partial charge on any atom is 0.327 e. The van der Waals surface area contributed by atoms with Gasteiger partial charge in [-0.3, -0.25) is 4.79 Å². The smallest absolute Gasteiger partial charge is 0.327 e. The summed E-state index contributed by atoms with van der Waals surface area (Å²) in [5, 5.41) is 0.565. The molecule has 0 saturated heterocycles. The molecule has 0 aliphatic rings. The van der Waals surface area contributed by atoms with E-state index in [-0.39, 0.29) is 17.2 Å². The quantitative estimate of drug-likeness (QED) is 0.606. The fourth-order valence-corrected chi connectivity index (χ4v) is 2.62. The van der Waals surface area contributed by atoms with Crippen LogP contribution in [0.1, 0.15) is 10.4 Å². The first-order chi connectivity index (χ1) is 10.5. The molecule has 116 valence electrons. The van der Waals surface area contributed by atoms with Crippen molar-refractivity contribution < 1.29 is 9.53 Å². The van der Waals surface area contributed by atoms with Gasteiger partial charge in [-0.15, -0.1) is 9.24 Å². The average molecular weight is 357 g/mol. The van der Waals surface area contributed by atoms with Crippen LogP contribution < -0.4 is 4.74 Å². The number of aromatic nitrogens is 3. The Balaban J connectivity index is 2.15. The highest BCUT2D eigenvalue weighted by Gasteiger charge is 2.10. The number of nitrogens with zero attached hydrogens (tertiary/aromatic N) is 4. The maximum atomic E-state index is 11.8. The van der Waals surface area contributed by atoms with Crippen LogP contribution >= 0.6 is 32.6 Å². The predicted octanol–water partition coefficient (Wildman–Crippen LogP) is 2.94. The van der Waals surface area contributed by atoms with Gasteiger partial charge in [-0.2, -0.15) is 15.0 Å². The number of thioether (sulfide) groups is 1. The summed E-state index contributed by atoms with van der Waals surface area (Å²) in [6.07, 6.45) is 0. The first-order valence-electron chi connectivity index (χ1n) is 6.23. The minimum atomic E-state index is -0.0751. The van der Waals surface area contributed by atoms with Crippen LogP contribution in [0.4, 0.5) is 0 Å². The van der Waals surface area contributed by atoms with Crippen molar-refractivity contribution in [1.82, 2.24) is 19.9 Å². The van der Waals surface area contributed by atoms with Crippen LogP contribution in [0.2, 0.25) is 5.28 Å². The lowest BCUT2D eigenvalue weighted by Crippen LogP contribution is -2.21. The Bertz CT molecular complexity index is 670. The second-order valence-electron chi connectivity index (χ2n) is 4.31. The molecule has 0 radical (unpaired) electrons. The van der Waals surface area contributed by atoms with Gasteiger partial charge in [0.05, 0.1) is 0 Å². The Hall–Kier alpha value is -1.43. The van der Waals surface area contributed by atoms with Crippen molar-refractivity contribution in [1.29, 1.82) is 0 Å². The fourth-order valence-electron chi connectivity index (χ4n) is 1.53. The van der Waals surface area contributed by atoms with Gasteiger partial charge in [-0.25, -0.2) is 0 Å². The number of hydrogen-bond acceptors (Lipinski definition) is 6. The number of carbonyl (C=O) groups excluding carboxylic acids is 1. The molecule has 1 amide bonds. The molecule has 1 atom stereocenters. The molecule has 9 heteroatoms. The molecule has 0 N–H and O–H groups in total. The number of ether oxygens (including phenoxy) is 1. The third-order valence-corrected chi connectivity index (χ3v) is 3.77. The second-order valence-corrected chi connectivity index (χ2v) is 6.63. The third kappa shape index (κ3) is 4.53. The average Bonchev–Trinajstić information content (AvgIpc) is 2.47. The van der Waals surface area contributed by atoms with Crippen LogP contribution in [0.25, 0.3) is 0 Å². The summed E-state index contributed by atoms with van der Waals surface area (Å²) in [5.41, 5.74) is 1.31. The highest BCUT2D eigenvalue weighted by molar-refractivity contribution is 8.02. The molecule has 1 aromatic carbocycles. The van der Waals surface area contributed by atoms with Crippen molar-refractivity contribution >= 4 is 38.5 Å². The monoisotopic (exact) mass is 356 g/mol. The van der Waals surface area contributed by atoms with Gasteiger partial charge in [-0.1, -0.05) is 11.8 Å². The minimum Gasteiger partial charge on any atom is -0.424 e. The number of benzene rings is 1. The van der Waals surface area contributed by atoms with E-state index >= 15 is 0 Å². The number of amides is 1. The van der Waals surface area contributed by atoms with Gasteiger partial charge in [0.2, 0.25) is 5.28 Å². The van der Waals surface area contributed by atoms with Crippen molar-refractivity contribution in [3.8, 4) is 11.8 Å². The molecule has 0 bridgehead atoms. The summed E-state index contributed by atoms with van der Waals surface area (Å²) >= 11 is 7.25. The molecule has 6 nitrogen and oxygen atoms in total. The normalized spacial score (nSPS) is 10.4. The largest absolute Gasteiger partial charge is 0.424 e. The summed E-state index contributed by atoms with van der Waals surface area (Å²) in [4.78, 5) is 25.4. The molecule has 0 fully saturated rings. The Morgan fingerprint density at radius 2 is 1.95 bits per heavy atom. The summed E-state index contributed by atoms with van der Waals surface area (Å²) in [6.45, 7) is 0. The lowest BCUT2D eigenvalue weighted by Gasteiger charge is -2.10. The Labute approximate surface area is 139 Å². The number of rotatable bonds is 5. The predicted molar refractivity (Wildman–Crippen MR) is 89.8 cm³/mol. The molecule has 0 aliphatic heterocycles. The molecule has 22 heavy (non-hydrogen) atoms. The van der Waals surface area contributed by atoms with E-state index in [1.54, 1.807) is 38.4 Å². The third-order valence-electron chi connectivity index (χ3n) is 2.50. The fraction of sp³-hybridized carbons (Fsp3) is 0.231. The standard InChI is InChI=1S/C13H14ClN4O2PS/c1-18(2)10(19)8-3-5-9(6-4-8)20-12-15-11(14)16-13(17-12)22-7-21/h3-6H,7,21H2,1-2H3. The zero-order valence-electron chi connectivity index (χ0n) is 12.0. The van der Waals surface area contributed by atoms with E-state index in [9.17, 15) is 4.79 Å². The molecule has 0 saturated carbocycles. The van der Waals surface area contributed by atoms with Crippen LogP contribution in [0, 0.1) is 0 Å². The van der Waals surface area contributed by atoms with Crippen molar-refractivity contribution in [3.63, 3.8) is 0 Å². The van der Waals surface area contributed by atoms with Crippen LogP contribution in [-0.2, 0) is 0 Å². The number of hydrogen-bond donors (Lipinski definition) is 0. The Kier molecular flexibility index (Phi) is 5.94. The zero-order chi connectivity index (χ0) is 16.1. The van der Waals surface area contributed by atoms with Crippen LogP contribution in [0.3, 0.4) is 0 Å². The Morgan fingerprint density at radius 1 is 1.27 bits per heavy atom. The van der Waals surface area contributed by atoms with Crippen molar-refractivity contribution in [2.45, 2.75) is 5.16 Å². The lowest BCUT2D eigenvalue weighted by atomic mass is 10.2. The van der Waals surface area contributed by atoms with E-state index in [0.29, 0.717) is 16.5 Å². The highest BCUT2D eigenvalue weighted by Crippen LogP contribution is 2.23. The molecule has 2 rings (SSSR count). The van der Waals surface area contributed by atoms with Crippen LogP contribution in [0.15, 0.2) is 29.4 Å². The van der Waals surface area contributed by atoms with E-state index in [4.69, 9.17) is 16.3 Å². The molecule has 1 heterocycles. The molecule has 1 unspecified atom stereocenters. The Morgan fingerprint density at radius 3 is 2.55 bits per heavy atom. The minimum absolute atomic E-state index is 0.0744. The SMILES string of the molecule is CN(C)C(=O)c1ccc(Oc2nc(Cl)nc(SCP)n2)cc1. The van der Waals surface area contributed by atoms with Gasteiger partial charge >= 0.3 is 6.01 Å². The van der Waals surface area contributed by atoms with E-state index < -0.39 is 0 Å². The summed E-state index contributed by atoms with van der Waals surface area (Å²) in [5.74, 6) is 0.438. The van der Waals surface area contributed by atoms with Crippen LogP contribution in [-0.4, -0.2) is 45.3 Å². The van der Waals surface area contributed by atoms with Gasteiger partial charge < -0.3 is 9.64 Å².